The molecule has 2 fully saturated rings. The molecule has 2 aromatic heterocycles. The summed E-state index contributed by atoms with van der Waals surface area (Å²) in [6, 6.07) is 12.7. The third-order valence-electron chi connectivity index (χ3n) is 5.92. The molecule has 1 aromatic carbocycles. The molecule has 148 valence electrons. The highest BCUT2D eigenvalue weighted by Crippen LogP contribution is 2.34. The van der Waals surface area contributed by atoms with Crippen molar-refractivity contribution in [3.8, 4) is 22.5 Å². The molecule has 1 amide bonds. The van der Waals surface area contributed by atoms with Crippen LogP contribution in [0.25, 0.3) is 22.5 Å². The second-order valence-corrected chi connectivity index (χ2v) is 8.28. The van der Waals surface area contributed by atoms with Crippen LogP contribution >= 0.6 is 11.8 Å². The third kappa shape index (κ3) is 3.32. The van der Waals surface area contributed by atoms with Crippen molar-refractivity contribution in [1.29, 1.82) is 0 Å². The van der Waals surface area contributed by atoms with Crippen LogP contribution in [0.15, 0.2) is 55.1 Å². The lowest BCUT2D eigenvalue weighted by atomic mass is 10.0. The summed E-state index contributed by atoms with van der Waals surface area (Å²) < 4.78 is 3.79. The number of carbonyl (C=O) groups excluding carboxylic acids is 1. The van der Waals surface area contributed by atoms with E-state index in [4.69, 9.17) is 11.8 Å². The number of fused-ring (bicyclic) bond motifs is 2. The van der Waals surface area contributed by atoms with Crippen molar-refractivity contribution in [1.82, 2.24) is 23.9 Å². The van der Waals surface area contributed by atoms with Crippen molar-refractivity contribution >= 4 is 17.7 Å². The minimum Gasteiger partial charge on any atom is -0.335 e. The Morgan fingerprint density at radius 1 is 1.07 bits per heavy atom. The molecule has 3 aromatic rings. The number of aromatic nitrogens is 3. The predicted molar refractivity (Wildman–Crippen MR) is 112 cm³/mol. The lowest BCUT2D eigenvalue weighted by molar-refractivity contribution is -0.133. The van der Waals surface area contributed by atoms with Crippen LogP contribution in [0.2, 0.25) is 0 Å². The summed E-state index contributed by atoms with van der Waals surface area (Å²) in [5.74, 6) is 0.116. The summed E-state index contributed by atoms with van der Waals surface area (Å²) in [5, 5.41) is 0. The van der Waals surface area contributed by atoms with Crippen LogP contribution in [0.5, 0.6) is 0 Å². The molecular weight excluding hydrogens is 386 g/mol. The first-order valence-electron chi connectivity index (χ1n) is 9.84. The van der Waals surface area contributed by atoms with Gasteiger partial charge < -0.3 is 9.47 Å². The monoisotopic (exact) mass is 407 g/mol. The molecular formula is C22H22ClN5O. The second kappa shape index (κ2) is 7.28. The highest BCUT2D eigenvalue weighted by molar-refractivity contribution is 6.13. The van der Waals surface area contributed by atoms with Crippen LogP contribution in [0, 0.1) is 6.92 Å². The molecule has 2 aliphatic heterocycles. The van der Waals surface area contributed by atoms with E-state index in [0.29, 0.717) is 6.54 Å². The van der Waals surface area contributed by atoms with E-state index < -0.39 is 0 Å². The van der Waals surface area contributed by atoms with Gasteiger partial charge in [-0.15, -0.1) is 0 Å². The summed E-state index contributed by atoms with van der Waals surface area (Å²) in [6.07, 6.45) is 6.26. The van der Waals surface area contributed by atoms with E-state index in [0.717, 1.165) is 35.5 Å². The van der Waals surface area contributed by atoms with E-state index in [2.05, 4.69) is 41.2 Å². The number of nitrogens with zero attached hydrogens (tertiary/aromatic N) is 5. The molecule has 0 saturated carbocycles. The average molecular weight is 408 g/mol. The number of imidazole rings is 1. The Morgan fingerprint density at radius 3 is 2.48 bits per heavy atom. The zero-order valence-electron chi connectivity index (χ0n) is 16.2. The lowest BCUT2D eigenvalue weighted by Gasteiger charge is -2.30. The maximum atomic E-state index is 13.1. The fourth-order valence-electron chi connectivity index (χ4n) is 4.40. The molecule has 4 heterocycles. The topological polar surface area (TPSA) is 54.3 Å². The fraction of sp³-hybridized carbons (Fsp3) is 0.318. The zero-order valence-corrected chi connectivity index (χ0v) is 17.0. The number of hydrogen-bond donors (Lipinski definition) is 0. The quantitative estimate of drug-likeness (QED) is 0.622. The van der Waals surface area contributed by atoms with Gasteiger partial charge in [0.15, 0.2) is 0 Å². The molecule has 0 radical (unpaired) electrons. The molecule has 0 unspecified atom stereocenters. The van der Waals surface area contributed by atoms with Crippen molar-refractivity contribution in [2.45, 2.75) is 32.0 Å². The maximum absolute atomic E-state index is 13.1. The van der Waals surface area contributed by atoms with Crippen LogP contribution in [0.3, 0.4) is 0 Å². The lowest BCUT2D eigenvalue weighted by Crippen LogP contribution is -2.46. The molecule has 7 heteroatoms. The number of amides is 1. The van der Waals surface area contributed by atoms with E-state index in [1.807, 2.05) is 26.0 Å². The van der Waals surface area contributed by atoms with Crippen LogP contribution in [-0.4, -0.2) is 54.9 Å². The van der Waals surface area contributed by atoms with Gasteiger partial charge in [-0.1, -0.05) is 29.8 Å². The first-order valence-corrected chi connectivity index (χ1v) is 10.2. The van der Waals surface area contributed by atoms with Gasteiger partial charge in [-0.2, -0.15) is 0 Å². The van der Waals surface area contributed by atoms with Crippen molar-refractivity contribution in [2.75, 3.05) is 13.1 Å². The molecule has 0 N–H and O–H groups in total. The Labute approximate surface area is 174 Å². The molecule has 0 aliphatic carbocycles. The summed E-state index contributed by atoms with van der Waals surface area (Å²) in [5.41, 5.74) is 5.04. The summed E-state index contributed by atoms with van der Waals surface area (Å²) >= 11 is 6.20. The third-order valence-corrected chi connectivity index (χ3v) is 6.33. The molecule has 2 aliphatic rings. The normalized spacial score (nSPS) is 21.1. The molecule has 2 atom stereocenters. The van der Waals surface area contributed by atoms with Gasteiger partial charge in [-0.3, -0.25) is 9.78 Å². The number of hydrogen-bond acceptors (Lipinski definition) is 4. The summed E-state index contributed by atoms with van der Waals surface area (Å²) in [4.78, 5) is 23.9. The van der Waals surface area contributed by atoms with Gasteiger partial charge in [0, 0.05) is 48.7 Å². The van der Waals surface area contributed by atoms with Gasteiger partial charge in [0.1, 0.15) is 6.54 Å². The van der Waals surface area contributed by atoms with E-state index >= 15 is 0 Å². The minimum atomic E-state index is 0.116. The number of carbonyl (C=O) groups is 1. The number of likely N-dealkylation sites (tertiary alicyclic amines) is 1. The Morgan fingerprint density at radius 2 is 1.83 bits per heavy atom. The second-order valence-electron chi connectivity index (χ2n) is 7.84. The molecule has 2 saturated heterocycles. The number of benzene rings is 1. The van der Waals surface area contributed by atoms with Crippen molar-refractivity contribution in [2.24, 2.45) is 0 Å². The summed E-state index contributed by atoms with van der Waals surface area (Å²) in [7, 11) is 0. The molecule has 29 heavy (non-hydrogen) atoms. The van der Waals surface area contributed by atoms with Crippen LogP contribution in [-0.2, 0) is 11.3 Å². The Kier molecular flexibility index (Phi) is 4.60. The van der Waals surface area contributed by atoms with Crippen LogP contribution in [0.4, 0.5) is 0 Å². The fourth-order valence-corrected chi connectivity index (χ4v) is 4.70. The van der Waals surface area contributed by atoms with Gasteiger partial charge in [-0.25, -0.2) is 9.40 Å². The highest BCUT2D eigenvalue weighted by atomic mass is 35.5. The van der Waals surface area contributed by atoms with E-state index in [9.17, 15) is 4.79 Å². The standard InChI is InChI=1S/C22H22ClN5O/c1-15-2-4-16(5-3-15)21-22(17-6-8-24-9-7-17)26(14-25-21)13-20(29)27-11-19-10-18(27)12-28(19)23/h2-9,14,18-19H,10-13H2,1H3/t18-,19-/m1/s1. The van der Waals surface area contributed by atoms with Crippen molar-refractivity contribution < 1.29 is 4.79 Å². The van der Waals surface area contributed by atoms with E-state index in [-0.39, 0.29) is 24.5 Å². The number of aryl methyl sites for hydroxylation is 1. The van der Waals surface area contributed by atoms with Gasteiger partial charge in [0.25, 0.3) is 0 Å². The first-order chi connectivity index (χ1) is 14.1. The van der Waals surface area contributed by atoms with Crippen molar-refractivity contribution in [3.63, 3.8) is 0 Å². The molecule has 5 rings (SSSR count). The Balaban J connectivity index is 1.48. The van der Waals surface area contributed by atoms with Gasteiger partial charge in [0.05, 0.1) is 17.7 Å². The Bertz CT molecular complexity index is 1030. The minimum absolute atomic E-state index is 0.116. The summed E-state index contributed by atoms with van der Waals surface area (Å²) in [6.45, 7) is 3.78. The maximum Gasteiger partial charge on any atom is 0.242 e. The predicted octanol–water partition coefficient (Wildman–Crippen LogP) is 3.36. The Hall–Kier alpha value is -2.70. The number of pyridine rings is 1. The SMILES string of the molecule is Cc1ccc(-c2ncn(CC(=O)N3C[C@H]4C[C@@H]3CN4Cl)c2-c2ccncc2)cc1. The van der Waals surface area contributed by atoms with Gasteiger partial charge in [-0.05, 0) is 37.3 Å². The molecule has 0 spiro atoms. The van der Waals surface area contributed by atoms with E-state index in [1.165, 1.54) is 5.56 Å². The van der Waals surface area contributed by atoms with Gasteiger partial charge >= 0.3 is 0 Å². The van der Waals surface area contributed by atoms with Crippen molar-refractivity contribution in [3.05, 3.63) is 60.7 Å². The zero-order chi connectivity index (χ0) is 20.0. The smallest absolute Gasteiger partial charge is 0.242 e. The van der Waals surface area contributed by atoms with E-state index in [1.54, 1.807) is 18.7 Å². The molecule has 2 bridgehead atoms. The molecule has 6 nitrogen and oxygen atoms in total. The van der Waals surface area contributed by atoms with Crippen LogP contribution in [0.1, 0.15) is 12.0 Å². The highest BCUT2D eigenvalue weighted by Gasteiger charge is 2.44. The first kappa shape index (κ1) is 18.3. The average Bonchev–Trinajstić information content (AvgIpc) is 3.43. The number of halogens is 1. The number of piperazine rings is 1. The van der Waals surface area contributed by atoms with Crippen LogP contribution < -0.4 is 0 Å². The largest absolute Gasteiger partial charge is 0.335 e. The number of rotatable bonds is 4. The van der Waals surface area contributed by atoms with Gasteiger partial charge in [0.2, 0.25) is 5.91 Å².